The Morgan fingerprint density at radius 3 is 2.40 bits per heavy atom. The predicted molar refractivity (Wildman–Crippen MR) is 92.1 cm³/mol. The van der Waals surface area contributed by atoms with Gasteiger partial charge in [-0.05, 0) is 31.1 Å². The number of nitrogens with one attached hydrogen (secondary N) is 2. The molecule has 7 nitrogen and oxygen atoms in total. The van der Waals surface area contributed by atoms with Crippen LogP contribution >= 0.6 is 0 Å². The quantitative estimate of drug-likeness (QED) is 0.493. The molecule has 7 heteroatoms. The minimum absolute atomic E-state index is 0.0534. The van der Waals surface area contributed by atoms with Gasteiger partial charge < -0.3 is 21.2 Å². The Morgan fingerprint density at radius 2 is 1.96 bits per heavy atom. The highest BCUT2D eigenvalue weighted by Gasteiger charge is 2.39. The Hall–Kier alpha value is -1.92. The van der Waals surface area contributed by atoms with Crippen molar-refractivity contribution in [3.8, 4) is 0 Å². The molecule has 0 aromatic rings. The van der Waals surface area contributed by atoms with Crippen molar-refractivity contribution in [2.24, 2.45) is 35.3 Å². The number of amides is 3. The van der Waals surface area contributed by atoms with Gasteiger partial charge in [0.1, 0.15) is 6.29 Å². The summed E-state index contributed by atoms with van der Waals surface area (Å²) in [7, 11) is 0. The Balaban J connectivity index is 2.04. The predicted octanol–water partition coefficient (Wildman–Crippen LogP) is 0.370. The lowest BCUT2D eigenvalue weighted by atomic mass is 9.79. The topological polar surface area (TPSA) is 118 Å². The van der Waals surface area contributed by atoms with Crippen molar-refractivity contribution in [1.82, 2.24) is 10.6 Å². The van der Waals surface area contributed by atoms with Crippen LogP contribution in [0, 0.1) is 29.6 Å². The third-order valence-corrected chi connectivity index (χ3v) is 5.29. The van der Waals surface area contributed by atoms with Crippen LogP contribution in [0.3, 0.4) is 0 Å². The van der Waals surface area contributed by atoms with E-state index < -0.39 is 23.8 Å². The average molecular weight is 351 g/mol. The first-order valence-corrected chi connectivity index (χ1v) is 9.16. The van der Waals surface area contributed by atoms with Crippen LogP contribution in [0.2, 0.25) is 0 Å². The van der Waals surface area contributed by atoms with Crippen LogP contribution in [0.4, 0.5) is 0 Å². The zero-order valence-electron chi connectivity index (χ0n) is 15.0. The molecular weight excluding hydrogens is 322 g/mol. The summed E-state index contributed by atoms with van der Waals surface area (Å²) in [6, 6.07) is -0.719. The van der Waals surface area contributed by atoms with E-state index in [0.717, 1.165) is 12.8 Å². The first kappa shape index (κ1) is 19.4. The fourth-order valence-electron chi connectivity index (χ4n) is 3.74. The largest absolute Gasteiger partial charge is 0.369 e. The lowest BCUT2D eigenvalue weighted by molar-refractivity contribution is -0.136. The lowest BCUT2D eigenvalue weighted by Gasteiger charge is -2.28. The Bertz CT molecular complexity index is 530. The first-order chi connectivity index (χ1) is 11.8. The van der Waals surface area contributed by atoms with Gasteiger partial charge in [-0.2, -0.15) is 0 Å². The smallest absolute Gasteiger partial charge is 0.224 e. The van der Waals surface area contributed by atoms with Crippen molar-refractivity contribution in [3.63, 3.8) is 0 Å². The third-order valence-electron chi connectivity index (χ3n) is 5.29. The van der Waals surface area contributed by atoms with Crippen LogP contribution in [0.25, 0.3) is 0 Å². The van der Waals surface area contributed by atoms with Crippen LogP contribution in [-0.2, 0) is 19.2 Å². The molecular formula is C18H29N3O4. The van der Waals surface area contributed by atoms with Crippen molar-refractivity contribution < 1.29 is 19.2 Å². The summed E-state index contributed by atoms with van der Waals surface area (Å²) >= 11 is 0. The van der Waals surface area contributed by atoms with Gasteiger partial charge in [0.15, 0.2) is 0 Å². The summed E-state index contributed by atoms with van der Waals surface area (Å²) < 4.78 is 0. The molecule has 1 heterocycles. The summed E-state index contributed by atoms with van der Waals surface area (Å²) in [4.78, 5) is 47.8. The molecule has 140 valence electrons. The van der Waals surface area contributed by atoms with Crippen molar-refractivity contribution >= 4 is 24.0 Å². The second-order valence-corrected chi connectivity index (χ2v) is 7.72. The number of nitrogens with two attached hydrogens (primary N) is 1. The van der Waals surface area contributed by atoms with Gasteiger partial charge in [0.2, 0.25) is 17.7 Å². The molecule has 0 aromatic heterocycles. The average Bonchev–Trinajstić information content (AvgIpc) is 3.27. The molecule has 0 radical (unpaired) electrons. The molecule has 1 unspecified atom stereocenters. The Morgan fingerprint density at radius 1 is 1.28 bits per heavy atom. The Labute approximate surface area is 148 Å². The number of hydrogen-bond acceptors (Lipinski definition) is 4. The first-order valence-electron chi connectivity index (χ1n) is 9.16. The van der Waals surface area contributed by atoms with Crippen molar-refractivity contribution in [2.75, 3.05) is 6.54 Å². The maximum Gasteiger partial charge on any atom is 0.224 e. The van der Waals surface area contributed by atoms with Crippen LogP contribution < -0.4 is 16.4 Å². The molecule has 3 amide bonds. The van der Waals surface area contributed by atoms with E-state index in [-0.39, 0.29) is 23.7 Å². The summed E-state index contributed by atoms with van der Waals surface area (Å²) in [5.74, 6) is -1.79. The molecule has 2 rings (SSSR count). The van der Waals surface area contributed by atoms with E-state index in [1.54, 1.807) is 0 Å². The van der Waals surface area contributed by atoms with E-state index in [0.29, 0.717) is 38.0 Å². The third kappa shape index (κ3) is 5.28. The fraction of sp³-hybridized carbons (Fsp3) is 0.778. The monoisotopic (exact) mass is 351 g/mol. The van der Waals surface area contributed by atoms with Gasteiger partial charge in [0.05, 0.1) is 17.9 Å². The molecule has 0 bridgehead atoms. The molecule has 25 heavy (non-hydrogen) atoms. The van der Waals surface area contributed by atoms with E-state index in [1.165, 1.54) is 0 Å². The SMILES string of the molecule is CC(C)C(C(N)=O)[C@H](CC1CC1)C(=O)N[C@H](C=O)C[C@@H]1CCNC1=O. The molecule has 4 N–H and O–H groups in total. The normalized spacial score (nSPS) is 23.6. The number of carbonyl (C=O) groups is 4. The summed E-state index contributed by atoms with van der Waals surface area (Å²) in [5.41, 5.74) is 5.54. The van der Waals surface area contributed by atoms with Crippen molar-refractivity contribution in [2.45, 2.75) is 52.0 Å². The van der Waals surface area contributed by atoms with Crippen LogP contribution in [0.1, 0.15) is 46.0 Å². The zero-order chi connectivity index (χ0) is 18.6. The maximum absolute atomic E-state index is 12.8. The van der Waals surface area contributed by atoms with E-state index >= 15 is 0 Å². The molecule has 1 saturated carbocycles. The molecule has 0 aromatic carbocycles. The summed E-state index contributed by atoms with van der Waals surface area (Å²) in [6.07, 6.45) is 4.37. The highest BCUT2D eigenvalue weighted by atomic mass is 16.2. The minimum Gasteiger partial charge on any atom is -0.369 e. The number of hydrogen-bond donors (Lipinski definition) is 3. The number of aldehydes is 1. The molecule has 2 fully saturated rings. The van der Waals surface area contributed by atoms with Gasteiger partial charge in [-0.25, -0.2) is 0 Å². The van der Waals surface area contributed by atoms with Crippen LogP contribution in [-0.4, -0.2) is 36.6 Å². The van der Waals surface area contributed by atoms with Gasteiger partial charge in [-0.15, -0.1) is 0 Å². The van der Waals surface area contributed by atoms with E-state index in [2.05, 4.69) is 10.6 Å². The number of carbonyl (C=O) groups excluding carboxylic acids is 4. The highest BCUT2D eigenvalue weighted by molar-refractivity contribution is 5.88. The van der Waals surface area contributed by atoms with E-state index in [1.807, 2.05) is 13.8 Å². The number of rotatable bonds is 10. The van der Waals surface area contributed by atoms with Gasteiger partial charge in [-0.1, -0.05) is 26.7 Å². The molecule has 1 aliphatic heterocycles. The lowest BCUT2D eigenvalue weighted by Crippen LogP contribution is -2.47. The summed E-state index contributed by atoms with van der Waals surface area (Å²) in [6.45, 7) is 4.36. The second-order valence-electron chi connectivity index (χ2n) is 7.72. The van der Waals surface area contributed by atoms with Crippen molar-refractivity contribution in [3.05, 3.63) is 0 Å². The standard InChI is InChI=1S/C18H29N3O4/c1-10(2)15(16(19)23)14(7-11-3-4-11)18(25)21-13(9-22)8-12-5-6-20-17(12)24/h9-15H,3-8H2,1-2H3,(H2,19,23)(H,20,24)(H,21,25)/t12-,13-,14-,15?/m0/s1. The maximum atomic E-state index is 12.8. The van der Waals surface area contributed by atoms with Crippen LogP contribution in [0.15, 0.2) is 0 Å². The zero-order valence-corrected chi connectivity index (χ0v) is 15.0. The second kappa shape index (κ2) is 8.45. The molecule has 4 atom stereocenters. The fourth-order valence-corrected chi connectivity index (χ4v) is 3.74. The van der Waals surface area contributed by atoms with Crippen LogP contribution in [0.5, 0.6) is 0 Å². The number of primary amides is 1. The molecule has 1 saturated heterocycles. The Kier molecular flexibility index (Phi) is 6.56. The molecule has 0 spiro atoms. The molecule has 1 aliphatic carbocycles. The minimum atomic E-state index is -0.719. The van der Waals surface area contributed by atoms with E-state index in [9.17, 15) is 19.2 Å². The van der Waals surface area contributed by atoms with Gasteiger partial charge >= 0.3 is 0 Å². The highest BCUT2D eigenvalue weighted by Crippen LogP contribution is 2.39. The van der Waals surface area contributed by atoms with Gasteiger partial charge in [0, 0.05) is 12.5 Å². The van der Waals surface area contributed by atoms with Gasteiger partial charge in [0.25, 0.3) is 0 Å². The van der Waals surface area contributed by atoms with Gasteiger partial charge in [-0.3, -0.25) is 14.4 Å². The van der Waals surface area contributed by atoms with Crippen molar-refractivity contribution in [1.29, 1.82) is 0 Å². The summed E-state index contributed by atoms with van der Waals surface area (Å²) in [5, 5.41) is 5.47. The van der Waals surface area contributed by atoms with E-state index in [4.69, 9.17) is 5.73 Å². The molecule has 2 aliphatic rings.